The highest BCUT2D eigenvalue weighted by Crippen LogP contribution is 2.16. The van der Waals surface area contributed by atoms with E-state index in [2.05, 4.69) is 20.5 Å². The number of carbonyl (C=O) groups is 1. The molecule has 0 spiro atoms. The Morgan fingerprint density at radius 3 is 2.91 bits per heavy atom. The topological polar surface area (TPSA) is 70.7 Å². The second kappa shape index (κ2) is 6.16. The second-order valence-corrected chi connectivity index (χ2v) is 5.63. The number of aromatic amines is 1. The molecule has 2 heterocycles. The van der Waals surface area contributed by atoms with Crippen LogP contribution in [0.3, 0.4) is 0 Å². The van der Waals surface area contributed by atoms with E-state index in [1.165, 1.54) is 6.07 Å². The maximum absolute atomic E-state index is 13.8. The first kappa shape index (κ1) is 15.1. The zero-order valence-corrected chi connectivity index (χ0v) is 12.9. The van der Waals surface area contributed by atoms with Crippen molar-refractivity contribution in [3.8, 4) is 0 Å². The van der Waals surface area contributed by atoms with E-state index in [-0.39, 0.29) is 23.2 Å². The predicted octanol–water partition coefficient (Wildman–Crippen LogP) is 2.77. The third-order valence-electron chi connectivity index (χ3n) is 3.56. The molecular weight excluding hydrogens is 295 g/mol. The van der Waals surface area contributed by atoms with Crippen LogP contribution in [0.4, 0.5) is 4.39 Å². The van der Waals surface area contributed by atoms with E-state index in [1.54, 1.807) is 24.3 Å². The zero-order valence-electron chi connectivity index (χ0n) is 12.9. The Balaban J connectivity index is 1.73. The maximum Gasteiger partial charge on any atom is 0.270 e. The minimum Gasteiger partial charge on any atom is -0.348 e. The number of hydrogen-bond donors (Lipinski definition) is 2. The minimum atomic E-state index is -0.433. The summed E-state index contributed by atoms with van der Waals surface area (Å²) in [6, 6.07) is 9.84. The van der Waals surface area contributed by atoms with Gasteiger partial charge in [0, 0.05) is 23.5 Å². The van der Waals surface area contributed by atoms with Gasteiger partial charge in [-0.1, -0.05) is 18.2 Å². The molecule has 0 aliphatic rings. The fourth-order valence-corrected chi connectivity index (χ4v) is 2.48. The summed E-state index contributed by atoms with van der Waals surface area (Å²) in [5.74, 6) is -0.757. The van der Waals surface area contributed by atoms with Crippen LogP contribution in [0.25, 0.3) is 10.9 Å². The van der Waals surface area contributed by atoms with Crippen molar-refractivity contribution in [2.24, 2.45) is 0 Å². The first-order valence-corrected chi connectivity index (χ1v) is 7.40. The van der Waals surface area contributed by atoms with Gasteiger partial charge >= 0.3 is 0 Å². The van der Waals surface area contributed by atoms with Crippen LogP contribution in [0.5, 0.6) is 0 Å². The van der Waals surface area contributed by atoms with E-state index in [0.29, 0.717) is 11.8 Å². The molecular formula is C17H17FN4O. The predicted molar refractivity (Wildman–Crippen MR) is 85.7 cm³/mol. The van der Waals surface area contributed by atoms with Crippen molar-refractivity contribution >= 4 is 16.8 Å². The van der Waals surface area contributed by atoms with Gasteiger partial charge in [0.05, 0.1) is 5.69 Å². The number of nitrogens with zero attached hydrogens (tertiary/aromatic N) is 2. The Bertz CT molecular complexity index is 859. The number of rotatable bonds is 4. The summed E-state index contributed by atoms with van der Waals surface area (Å²) in [5, 5.41) is 10.5. The van der Waals surface area contributed by atoms with Gasteiger partial charge in [-0.05, 0) is 32.0 Å². The van der Waals surface area contributed by atoms with Gasteiger partial charge in [0.25, 0.3) is 5.91 Å². The highest BCUT2D eigenvalue weighted by Gasteiger charge is 2.14. The number of pyridine rings is 1. The molecule has 5 nitrogen and oxygen atoms in total. The van der Waals surface area contributed by atoms with Crippen LogP contribution in [0.2, 0.25) is 0 Å². The van der Waals surface area contributed by atoms with Crippen LogP contribution < -0.4 is 5.32 Å². The van der Waals surface area contributed by atoms with E-state index in [1.807, 2.05) is 19.9 Å². The number of para-hydroxylation sites is 1. The lowest BCUT2D eigenvalue weighted by Gasteiger charge is -2.12. The molecule has 0 saturated carbocycles. The van der Waals surface area contributed by atoms with Gasteiger partial charge in [0.1, 0.15) is 17.0 Å². The lowest BCUT2D eigenvalue weighted by Crippen LogP contribution is -2.34. The van der Waals surface area contributed by atoms with Gasteiger partial charge in [0.15, 0.2) is 0 Å². The van der Waals surface area contributed by atoms with Crippen LogP contribution >= 0.6 is 0 Å². The number of H-pyrrole nitrogens is 1. The number of halogens is 1. The lowest BCUT2D eigenvalue weighted by molar-refractivity contribution is 0.0935. The van der Waals surface area contributed by atoms with Crippen LogP contribution in [-0.2, 0) is 6.42 Å². The smallest absolute Gasteiger partial charge is 0.270 e. The highest BCUT2D eigenvalue weighted by atomic mass is 19.1. The Hall–Kier alpha value is -2.76. The molecule has 0 bridgehead atoms. The molecule has 118 valence electrons. The Morgan fingerprint density at radius 2 is 2.17 bits per heavy atom. The first-order valence-electron chi connectivity index (χ1n) is 7.40. The second-order valence-electron chi connectivity index (χ2n) is 5.63. The number of hydrogen-bond acceptors (Lipinski definition) is 3. The molecule has 2 N–H and O–H groups in total. The number of amides is 1. The van der Waals surface area contributed by atoms with Gasteiger partial charge in [-0.25, -0.2) is 9.37 Å². The minimum absolute atomic E-state index is 0.108. The molecule has 1 atom stereocenters. The Morgan fingerprint density at radius 1 is 1.35 bits per heavy atom. The van der Waals surface area contributed by atoms with Crippen LogP contribution in [0, 0.1) is 12.7 Å². The summed E-state index contributed by atoms with van der Waals surface area (Å²) in [4.78, 5) is 16.4. The average Bonchev–Trinajstić information content (AvgIpc) is 2.92. The molecule has 2 aromatic heterocycles. The first-order chi connectivity index (χ1) is 11.0. The van der Waals surface area contributed by atoms with Crippen molar-refractivity contribution in [3.63, 3.8) is 0 Å². The molecule has 3 rings (SSSR count). The Kier molecular flexibility index (Phi) is 4.06. The van der Waals surface area contributed by atoms with Gasteiger partial charge in [0.2, 0.25) is 0 Å². The largest absolute Gasteiger partial charge is 0.348 e. The van der Waals surface area contributed by atoms with Gasteiger partial charge in [-0.2, -0.15) is 5.10 Å². The highest BCUT2D eigenvalue weighted by molar-refractivity contribution is 5.95. The van der Waals surface area contributed by atoms with E-state index < -0.39 is 5.82 Å². The summed E-state index contributed by atoms with van der Waals surface area (Å²) in [6.07, 6.45) is 0.609. The molecule has 0 aliphatic carbocycles. The average molecular weight is 312 g/mol. The number of fused-ring (bicyclic) bond motifs is 1. The fraction of sp³-hybridized carbons (Fsp3) is 0.235. The SMILES string of the molecule is Cc1cc(C[C@@H](C)NC(=O)c2ccc3cccc(F)c3n2)n[nH]1. The molecule has 6 heteroatoms. The van der Waals surface area contributed by atoms with Crippen molar-refractivity contribution in [1.29, 1.82) is 0 Å². The Labute approximate surface area is 132 Å². The number of aryl methyl sites for hydroxylation is 1. The summed E-state index contributed by atoms with van der Waals surface area (Å²) in [5.41, 5.74) is 2.27. The molecule has 0 radical (unpaired) electrons. The van der Waals surface area contributed by atoms with Crippen molar-refractivity contribution < 1.29 is 9.18 Å². The van der Waals surface area contributed by atoms with E-state index in [4.69, 9.17) is 0 Å². The summed E-state index contributed by atoms with van der Waals surface area (Å²) in [6.45, 7) is 3.82. The van der Waals surface area contributed by atoms with E-state index >= 15 is 0 Å². The molecule has 3 aromatic rings. The third-order valence-corrected chi connectivity index (χ3v) is 3.56. The van der Waals surface area contributed by atoms with Crippen molar-refractivity contribution in [2.75, 3.05) is 0 Å². The molecule has 0 saturated heterocycles. The van der Waals surface area contributed by atoms with Crippen molar-refractivity contribution in [3.05, 3.63) is 59.3 Å². The lowest BCUT2D eigenvalue weighted by atomic mass is 10.1. The maximum atomic E-state index is 13.8. The zero-order chi connectivity index (χ0) is 16.4. The molecule has 0 fully saturated rings. The van der Waals surface area contributed by atoms with Crippen LogP contribution in [0.1, 0.15) is 28.8 Å². The van der Waals surface area contributed by atoms with Crippen molar-refractivity contribution in [1.82, 2.24) is 20.5 Å². The van der Waals surface area contributed by atoms with E-state index in [0.717, 1.165) is 11.4 Å². The quantitative estimate of drug-likeness (QED) is 0.778. The molecule has 1 amide bonds. The van der Waals surface area contributed by atoms with Crippen molar-refractivity contribution in [2.45, 2.75) is 26.3 Å². The van der Waals surface area contributed by atoms with E-state index in [9.17, 15) is 9.18 Å². The monoisotopic (exact) mass is 312 g/mol. The summed E-state index contributed by atoms with van der Waals surface area (Å²) >= 11 is 0. The third kappa shape index (κ3) is 3.36. The standard InChI is InChI=1S/C17H17FN4O/c1-10(8-13-9-11(2)21-22-13)19-17(23)15-7-6-12-4-3-5-14(18)16(12)20-15/h3-7,9-10H,8H2,1-2H3,(H,19,23)(H,21,22)/t10-/m1/s1. The molecule has 1 aromatic carbocycles. The molecule has 0 unspecified atom stereocenters. The molecule has 23 heavy (non-hydrogen) atoms. The number of nitrogens with one attached hydrogen (secondary N) is 2. The normalized spacial score (nSPS) is 12.3. The van der Waals surface area contributed by atoms with Crippen LogP contribution in [-0.4, -0.2) is 27.1 Å². The summed E-state index contributed by atoms with van der Waals surface area (Å²) < 4.78 is 13.8. The van der Waals surface area contributed by atoms with Crippen LogP contribution in [0.15, 0.2) is 36.4 Å². The van der Waals surface area contributed by atoms with Gasteiger partial charge in [-0.15, -0.1) is 0 Å². The molecule has 0 aliphatic heterocycles. The number of aromatic nitrogens is 3. The number of benzene rings is 1. The van der Waals surface area contributed by atoms with Gasteiger partial charge < -0.3 is 5.32 Å². The fourth-order valence-electron chi connectivity index (χ4n) is 2.48. The number of carbonyl (C=O) groups excluding carboxylic acids is 1. The van der Waals surface area contributed by atoms with Gasteiger partial charge in [-0.3, -0.25) is 9.89 Å². The summed E-state index contributed by atoms with van der Waals surface area (Å²) in [7, 11) is 0.